The highest BCUT2D eigenvalue weighted by Crippen LogP contribution is 2.27. The van der Waals surface area contributed by atoms with Crippen LogP contribution in [0, 0.1) is 0 Å². The van der Waals surface area contributed by atoms with Crippen molar-refractivity contribution in [2.24, 2.45) is 0 Å². The molecule has 1 N–H and O–H groups in total. The van der Waals surface area contributed by atoms with E-state index in [0.29, 0.717) is 21.3 Å². The number of hydrogen-bond acceptors (Lipinski definition) is 3. The molecule has 3 nitrogen and oxygen atoms in total. The fourth-order valence-corrected chi connectivity index (χ4v) is 2.05. The van der Waals surface area contributed by atoms with Crippen LogP contribution in [-0.4, -0.2) is 8.75 Å². The Kier molecular flexibility index (Phi) is 2.58. The minimum Gasteiger partial charge on any atom is -0.266 e. The van der Waals surface area contributed by atoms with Gasteiger partial charge in [0.05, 0.1) is 5.02 Å². The fraction of sp³-hybridized carbons (Fsp3) is 0. The van der Waals surface area contributed by atoms with E-state index in [-0.39, 0.29) is 5.56 Å². The Labute approximate surface area is 93.6 Å². The van der Waals surface area contributed by atoms with Crippen molar-refractivity contribution in [3.05, 3.63) is 38.6 Å². The van der Waals surface area contributed by atoms with Crippen molar-refractivity contribution in [2.75, 3.05) is 0 Å². The zero-order valence-electron chi connectivity index (χ0n) is 6.75. The zero-order valence-corrected chi connectivity index (χ0v) is 9.08. The van der Waals surface area contributed by atoms with E-state index < -0.39 is 0 Å². The molecule has 72 valence electrons. The third-order valence-corrected chi connectivity index (χ3v) is 2.77. The van der Waals surface area contributed by atoms with Gasteiger partial charge < -0.3 is 0 Å². The van der Waals surface area contributed by atoms with Crippen LogP contribution in [0.15, 0.2) is 23.0 Å². The average Bonchev–Trinajstić information content (AvgIpc) is 2.52. The Hall–Kier alpha value is -0.840. The van der Waals surface area contributed by atoms with Gasteiger partial charge in [-0.3, -0.25) is 9.17 Å². The van der Waals surface area contributed by atoms with Crippen LogP contribution in [0.5, 0.6) is 0 Å². The van der Waals surface area contributed by atoms with Crippen molar-refractivity contribution in [2.45, 2.75) is 0 Å². The van der Waals surface area contributed by atoms with Crippen LogP contribution in [0.2, 0.25) is 10.0 Å². The van der Waals surface area contributed by atoms with Gasteiger partial charge in [-0.05, 0) is 18.2 Å². The molecule has 0 spiro atoms. The van der Waals surface area contributed by atoms with Gasteiger partial charge in [-0.2, -0.15) is 4.37 Å². The van der Waals surface area contributed by atoms with Gasteiger partial charge in [-0.15, -0.1) is 0 Å². The molecule has 0 aliphatic rings. The largest absolute Gasteiger partial charge is 0.285 e. The summed E-state index contributed by atoms with van der Waals surface area (Å²) in [5, 5.41) is 0.958. The summed E-state index contributed by atoms with van der Waals surface area (Å²) >= 11 is 12.6. The van der Waals surface area contributed by atoms with Gasteiger partial charge in [0.2, 0.25) is 0 Å². The molecule has 2 rings (SSSR count). The highest BCUT2D eigenvalue weighted by atomic mass is 35.5. The predicted molar refractivity (Wildman–Crippen MR) is 58.2 cm³/mol. The van der Waals surface area contributed by atoms with Crippen molar-refractivity contribution in [3.63, 3.8) is 0 Å². The number of nitrogens with zero attached hydrogens (tertiary/aromatic N) is 1. The molecule has 0 saturated carbocycles. The molecule has 0 atom stereocenters. The highest BCUT2D eigenvalue weighted by Gasteiger charge is 2.10. The second-order valence-corrected chi connectivity index (χ2v) is 4.00. The summed E-state index contributed by atoms with van der Waals surface area (Å²) in [6.45, 7) is 0. The molecule has 0 aliphatic heterocycles. The molecular weight excluding hydrogens is 243 g/mol. The lowest BCUT2D eigenvalue weighted by molar-refractivity contribution is 1.39. The maximum Gasteiger partial charge on any atom is 0.285 e. The Morgan fingerprint density at radius 3 is 2.71 bits per heavy atom. The summed E-state index contributed by atoms with van der Waals surface area (Å²) in [6, 6.07) is 4.92. The van der Waals surface area contributed by atoms with Gasteiger partial charge in [0.25, 0.3) is 5.56 Å². The predicted octanol–water partition coefficient (Wildman–Crippen LogP) is 2.81. The van der Waals surface area contributed by atoms with Crippen LogP contribution in [-0.2, 0) is 0 Å². The minimum atomic E-state index is -0.237. The first-order valence-corrected chi connectivity index (χ1v) is 5.21. The first kappa shape index (κ1) is 9.71. The lowest BCUT2D eigenvalue weighted by Crippen LogP contribution is -2.01. The van der Waals surface area contributed by atoms with Crippen molar-refractivity contribution < 1.29 is 0 Å². The lowest BCUT2D eigenvalue weighted by atomic mass is 10.2. The SMILES string of the molecule is O=c1[nH]snc1-c1ccc(Cl)cc1Cl. The summed E-state index contributed by atoms with van der Waals surface area (Å²) in [7, 11) is 0. The van der Waals surface area contributed by atoms with E-state index >= 15 is 0 Å². The van der Waals surface area contributed by atoms with Crippen LogP contribution >= 0.6 is 34.9 Å². The second kappa shape index (κ2) is 3.73. The van der Waals surface area contributed by atoms with Gasteiger partial charge in [-0.25, -0.2) is 0 Å². The standard InChI is InChI=1S/C8H4Cl2N2OS/c9-4-1-2-5(6(10)3-4)7-8(13)12-14-11-7/h1-3H,(H,12,13). The molecular formula is C8H4Cl2N2OS. The molecule has 14 heavy (non-hydrogen) atoms. The number of rotatable bonds is 1. The van der Waals surface area contributed by atoms with Crippen LogP contribution in [0.1, 0.15) is 0 Å². The minimum absolute atomic E-state index is 0.237. The number of aromatic amines is 1. The lowest BCUT2D eigenvalue weighted by Gasteiger charge is -1.98. The van der Waals surface area contributed by atoms with Gasteiger partial charge in [-0.1, -0.05) is 23.2 Å². The number of aromatic nitrogens is 2. The van der Waals surface area contributed by atoms with E-state index in [1.807, 2.05) is 0 Å². The summed E-state index contributed by atoms with van der Waals surface area (Å²) in [5.74, 6) is 0. The highest BCUT2D eigenvalue weighted by molar-refractivity contribution is 6.99. The number of nitrogens with one attached hydrogen (secondary N) is 1. The molecule has 1 aromatic heterocycles. The summed E-state index contributed by atoms with van der Waals surface area (Å²) in [4.78, 5) is 11.3. The molecule has 0 fully saturated rings. The normalized spacial score (nSPS) is 10.4. The van der Waals surface area contributed by atoms with E-state index in [1.165, 1.54) is 0 Å². The third kappa shape index (κ3) is 1.68. The third-order valence-electron chi connectivity index (χ3n) is 1.68. The second-order valence-electron chi connectivity index (χ2n) is 2.59. The van der Waals surface area contributed by atoms with Crippen LogP contribution in [0.4, 0.5) is 0 Å². The first-order valence-electron chi connectivity index (χ1n) is 3.68. The van der Waals surface area contributed by atoms with Gasteiger partial charge in [0, 0.05) is 22.3 Å². The van der Waals surface area contributed by atoms with Gasteiger partial charge >= 0.3 is 0 Å². The molecule has 2 aromatic rings. The Bertz CT molecular complexity index is 520. The molecule has 0 radical (unpaired) electrons. The fourth-order valence-electron chi connectivity index (χ4n) is 1.05. The summed E-state index contributed by atoms with van der Waals surface area (Å²) in [5.41, 5.74) is 0.689. The maximum absolute atomic E-state index is 11.3. The summed E-state index contributed by atoms with van der Waals surface area (Å²) in [6.07, 6.45) is 0. The molecule has 1 heterocycles. The van der Waals surface area contributed by atoms with Crippen LogP contribution in [0.25, 0.3) is 11.3 Å². The number of H-pyrrole nitrogens is 1. The zero-order chi connectivity index (χ0) is 10.1. The Balaban J connectivity index is 2.63. The summed E-state index contributed by atoms with van der Waals surface area (Å²) < 4.78 is 6.41. The van der Waals surface area contributed by atoms with Crippen LogP contribution in [0.3, 0.4) is 0 Å². The number of benzene rings is 1. The van der Waals surface area contributed by atoms with Gasteiger partial charge in [0.15, 0.2) is 5.69 Å². The van der Waals surface area contributed by atoms with E-state index in [4.69, 9.17) is 23.2 Å². The molecule has 0 bridgehead atoms. The van der Waals surface area contributed by atoms with Crippen molar-refractivity contribution >= 4 is 34.9 Å². The quantitative estimate of drug-likeness (QED) is 0.842. The van der Waals surface area contributed by atoms with E-state index in [2.05, 4.69) is 8.75 Å². The van der Waals surface area contributed by atoms with Crippen molar-refractivity contribution in [1.82, 2.24) is 8.75 Å². The van der Waals surface area contributed by atoms with E-state index in [1.54, 1.807) is 18.2 Å². The van der Waals surface area contributed by atoms with Gasteiger partial charge in [0.1, 0.15) is 0 Å². The van der Waals surface area contributed by atoms with Crippen molar-refractivity contribution in [3.8, 4) is 11.3 Å². The molecule has 0 saturated heterocycles. The van der Waals surface area contributed by atoms with Crippen LogP contribution < -0.4 is 5.56 Å². The number of halogens is 2. The maximum atomic E-state index is 11.3. The molecule has 0 aliphatic carbocycles. The first-order chi connectivity index (χ1) is 6.68. The smallest absolute Gasteiger partial charge is 0.266 e. The molecule has 0 unspecified atom stereocenters. The van der Waals surface area contributed by atoms with Crippen molar-refractivity contribution in [1.29, 1.82) is 0 Å². The topological polar surface area (TPSA) is 45.8 Å². The Morgan fingerprint density at radius 1 is 1.36 bits per heavy atom. The molecule has 0 amide bonds. The Morgan fingerprint density at radius 2 is 2.14 bits per heavy atom. The monoisotopic (exact) mass is 246 g/mol. The molecule has 6 heteroatoms. The molecule has 1 aromatic carbocycles. The van der Waals surface area contributed by atoms with E-state index in [0.717, 1.165) is 11.7 Å². The van der Waals surface area contributed by atoms with E-state index in [9.17, 15) is 4.79 Å². The average molecular weight is 247 g/mol. The number of hydrogen-bond donors (Lipinski definition) is 1.